The van der Waals surface area contributed by atoms with Gasteiger partial charge >= 0.3 is 0 Å². The third kappa shape index (κ3) is 3.52. The van der Waals surface area contributed by atoms with E-state index >= 15 is 0 Å². The standard InChI is InChI=1S/C23H25N5O3/c1-2-28-18-11-10-16(14-17(18)24-25-28)22(29)27-15-21(23(30)26-12-6-3-7-13-26)31-20-9-5-4-8-19(20)27/h4-5,8-11,14,21H,2-3,6-7,12-13,15H2,1H3/t21-/m0/s1. The van der Waals surface area contributed by atoms with E-state index in [2.05, 4.69) is 10.3 Å². The molecular weight excluding hydrogens is 394 g/mol. The Kier molecular flexibility index (Phi) is 5.05. The lowest BCUT2D eigenvalue weighted by Crippen LogP contribution is -2.52. The van der Waals surface area contributed by atoms with Crippen LogP contribution in [-0.2, 0) is 11.3 Å². The van der Waals surface area contributed by atoms with Crippen LogP contribution in [0.15, 0.2) is 42.5 Å². The van der Waals surface area contributed by atoms with Crippen LogP contribution < -0.4 is 9.64 Å². The molecular formula is C23H25N5O3. The van der Waals surface area contributed by atoms with Crippen molar-refractivity contribution in [2.45, 2.75) is 38.8 Å². The fourth-order valence-corrected chi connectivity index (χ4v) is 4.37. The molecule has 31 heavy (non-hydrogen) atoms. The number of anilines is 1. The average molecular weight is 419 g/mol. The second kappa shape index (κ2) is 8.02. The first-order valence-corrected chi connectivity index (χ1v) is 10.9. The van der Waals surface area contributed by atoms with Crippen molar-refractivity contribution in [1.29, 1.82) is 0 Å². The molecule has 160 valence electrons. The normalized spacial score (nSPS) is 18.5. The Hall–Kier alpha value is -3.42. The van der Waals surface area contributed by atoms with Crippen molar-refractivity contribution in [2.24, 2.45) is 0 Å². The van der Waals surface area contributed by atoms with Gasteiger partial charge in [-0.05, 0) is 56.5 Å². The zero-order valence-corrected chi connectivity index (χ0v) is 17.5. The second-order valence-electron chi connectivity index (χ2n) is 7.98. The molecule has 1 fully saturated rings. The molecule has 0 aliphatic carbocycles. The van der Waals surface area contributed by atoms with Crippen LogP contribution in [0.3, 0.4) is 0 Å². The monoisotopic (exact) mass is 419 g/mol. The van der Waals surface area contributed by atoms with Gasteiger partial charge in [0, 0.05) is 25.2 Å². The molecule has 5 rings (SSSR count). The predicted molar refractivity (Wildman–Crippen MR) is 116 cm³/mol. The van der Waals surface area contributed by atoms with E-state index in [1.54, 1.807) is 27.8 Å². The highest BCUT2D eigenvalue weighted by molar-refractivity contribution is 6.09. The van der Waals surface area contributed by atoms with E-state index in [0.717, 1.165) is 37.9 Å². The third-order valence-electron chi connectivity index (χ3n) is 6.02. The van der Waals surface area contributed by atoms with E-state index < -0.39 is 6.10 Å². The number of likely N-dealkylation sites (tertiary alicyclic amines) is 1. The zero-order chi connectivity index (χ0) is 21.4. The number of fused-ring (bicyclic) bond motifs is 2. The summed E-state index contributed by atoms with van der Waals surface area (Å²) < 4.78 is 7.83. The van der Waals surface area contributed by atoms with Gasteiger partial charge in [-0.15, -0.1) is 5.10 Å². The lowest BCUT2D eigenvalue weighted by molar-refractivity contribution is -0.139. The molecule has 8 heteroatoms. The highest BCUT2D eigenvalue weighted by atomic mass is 16.5. The van der Waals surface area contributed by atoms with Crippen molar-refractivity contribution >= 4 is 28.5 Å². The van der Waals surface area contributed by atoms with Crippen LogP contribution in [0.5, 0.6) is 5.75 Å². The lowest BCUT2D eigenvalue weighted by Gasteiger charge is -2.37. The Balaban J connectivity index is 1.46. The van der Waals surface area contributed by atoms with Crippen molar-refractivity contribution in [3.63, 3.8) is 0 Å². The number of benzene rings is 2. The fraction of sp³-hybridized carbons (Fsp3) is 0.391. The van der Waals surface area contributed by atoms with Crippen LogP contribution in [0.25, 0.3) is 11.0 Å². The number of ether oxygens (including phenoxy) is 1. The Labute approximate surface area is 180 Å². The number of carbonyl (C=O) groups is 2. The number of hydrogen-bond acceptors (Lipinski definition) is 5. The van der Waals surface area contributed by atoms with Gasteiger partial charge < -0.3 is 14.5 Å². The van der Waals surface area contributed by atoms with Crippen molar-refractivity contribution in [3.05, 3.63) is 48.0 Å². The largest absolute Gasteiger partial charge is 0.476 e. The summed E-state index contributed by atoms with van der Waals surface area (Å²) in [5.41, 5.74) is 2.75. The maximum Gasteiger partial charge on any atom is 0.265 e. The molecule has 3 heterocycles. The van der Waals surface area contributed by atoms with E-state index in [-0.39, 0.29) is 18.4 Å². The van der Waals surface area contributed by atoms with Gasteiger partial charge in [-0.2, -0.15) is 0 Å². The highest BCUT2D eigenvalue weighted by Gasteiger charge is 2.36. The van der Waals surface area contributed by atoms with Crippen LogP contribution in [0, 0.1) is 0 Å². The molecule has 0 bridgehead atoms. The average Bonchev–Trinajstić information content (AvgIpc) is 3.25. The van der Waals surface area contributed by atoms with Gasteiger partial charge in [-0.1, -0.05) is 17.3 Å². The summed E-state index contributed by atoms with van der Waals surface area (Å²) in [5, 5.41) is 8.30. The summed E-state index contributed by atoms with van der Waals surface area (Å²) >= 11 is 0. The third-order valence-corrected chi connectivity index (χ3v) is 6.02. The summed E-state index contributed by atoms with van der Waals surface area (Å²) in [6.45, 7) is 4.39. The van der Waals surface area contributed by atoms with Crippen LogP contribution in [0.2, 0.25) is 0 Å². The Morgan fingerprint density at radius 2 is 1.90 bits per heavy atom. The molecule has 0 radical (unpaired) electrons. The minimum absolute atomic E-state index is 0.0478. The summed E-state index contributed by atoms with van der Waals surface area (Å²) in [5.74, 6) is 0.323. The molecule has 2 aliphatic heterocycles. The van der Waals surface area contributed by atoms with E-state index in [9.17, 15) is 9.59 Å². The molecule has 0 spiro atoms. The maximum atomic E-state index is 13.5. The maximum absolute atomic E-state index is 13.5. The lowest BCUT2D eigenvalue weighted by atomic mass is 10.1. The number of piperidine rings is 1. The van der Waals surface area contributed by atoms with Crippen molar-refractivity contribution in [2.75, 3.05) is 24.5 Å². The molecule has 1 saturated heterocycles. The first-order valence-electron chi connectivity index (χ1n) is 10.9. The van der Waals surface area contributed by atoms with Gasteiger partial charge in [0.1, 0.15) is 11.3 Å². The van der Waals surface area contributed by atoms with Crippen LogP contribution in [0.4, 0.5) is 5.69 Å². The zero-order valence-electron chi connectivity index (χ0n) is 17.5. The van der Waals surface area contributed by atoms with Gasteiger partial charge in [-0.25, -0.2) is 4.68 Å². The number of amides is 2. The molecule has 3 aromatic rings. The van der Waals surface area contributed by atoms with Crippen LogP contribution in [-0.4, -0.2) is 57.4 Å². The fourth-order valence-electron chi connectivity index (χ4n) is 4.37. The molecule has 1 atom stereocenters. The smallest absolute Gasteiger partial charge is 0.265 e. The second-order valence-corrected chi connectivity index (χ2v) is 7.98. The van der Waals surface area contributed by atoms with Crippen molar-refractivity contribution in [3.8, 4) is 5.75 Å². The molecule has 2 aliphatic rings. The Morgan fingerprint density at radius 1 is 1.10 bits per heavy atom. The number of aryl methyl sites for hydroxylation is 1. The molecule has 0 saturated carbocycles. The summed E-state index contributed by atoms with van der Waals surface area (Å²) in [6, 6.07) is 12.8. The molecule has 2 amide bonds. The molecule has 1 aromatic heterocycles. The molecule has 8 nitrogen and oxygen atoms in total. The number of para-hydroxylation sites is 2. The van der Waals surface area contributed by atoms with Crippen molar-refractivity contribution < 1.29 is 14.3 Å². The summed E-state index contributed by atoms with van der Waals surface area (Å²) in [6.07, 6.45) is 2.46. The predicted octanol–water partition coefficient (Wildman–Crippen LogP) is 2.87. The van der Waals surface area contributed by atoms with Gasteiger partial charge in [0.05, 0.1) is 17.7 Å². The minimum atomic E-state index is -0.707. The van der Waals surface area contributed by atoms with Gasteiger partial charge in [0.25, 0.3) is 11.8 Å². The molecule has 0 unspecified atom stereocenters. The van der Waals surface area contributed by atoms with E-state index in [0.29, 0.717) is 29.1 Å². The summed E-state index contributed by atoms with van der Waals surface area (Å²) in [7, 11) is 0. The first-order chi connectivity index (χ1) is 15.2. The Bertz CT molecular complexity index is 1140. The number of rotatable bonds is 3. The van der Waals surface area contributed by atoms with Crippen LogP contribution >= 0.6 is 0 Å². The minimum Gasteiger partial charge on any atom is -0.476 e. The van der Waals surface area contributed by atoms with Gasteiger partial charge in [-0.3, -0.25) is 9.59 Å². The van der Waals surface area contributed by atoms with E-state index in [1.165, 1.54) is 0 Å². The summed E-state index contributed by atoms with van der Waals surface area (Å²) in [4.78, 5) is 30.1. The van der Waals surface area contributed by atoms with Crippen LogP contribution in [0.1, 0.15) is 36.5 Å². The SMILES string of the molecule is CCn1nnc2cc(C(=O)N3C[C@@H](C(=O)N4CCCCC4)Oc4ccccc43)ccc21. The van der Waals surface area contributed by atoms with Gasteiger partial charge in [0.2, 0.25) is 0 Å². The molecule has 0 N–H and O–H groups in total. The van der Waals surface area contributed by atoms with Gasteiger partial charge in [0.15, 0.2) is 6.10 Å². The number of carbonyl (C=O) groups excluding carboxylic acids is 2. The highest BCUT2D eigenvalue weighted by Crippen LogP contribution is 2.35. The quantitative estimate of drug-likeness (QED) is 0.652. The number of hydrogen-bond donors (Lipinski definition) is 0. The first kappa shape index (κ1) is 19.5. The molecule has 2 aromatic carbocycles. The number of aromatic nitrogens is 3. The topological polar surface area (TPSA) is 80.6 Å². The van der Waals surface area contributed by atoms with E-state index in [1.807, 2.05) is 36.1 Å². The van der Waals surface area contributed by atoms with Crippen molar-refractivity contribution in [1.82, 2.24) is 19.9 Å². The van der Waals surface area contributed by atoms with E-state index in [4.69, 9.17) is 4.74 Å². The number of nitrogens with zero attached hydrogens (tertiary/aromatic N) is 5. The Morgan fingerprint density at radius 3 is 2.71 bits per heavy atom.